The number of unbranched alkanes of at least 4 members (excludes halogenated alkanes) is 1. The minimum atomic E-state index is -0.553. The summed E-state index contributed by atoms with van der Waals surface area (Å²) in [5.41, 5.74) is 1.56. The normalized spacial score (nSPS) is 18.6. The SMILES string of the molecule is CCCCON=Cc1cn(C2CCN(c3ccc(N4C[C@H](CNC(C)=O)OC4=O)cc3F)CC2)nn1. The molecule has 0 spiro atoms. The molecule has 0 aliphatic carbocycles. The average molecular weight is 502 g/mol. The number of ether oxygens (including phenoxy) is 1. The molecule has 1 aromatic heterocycles. The molecule has 0 unspecified atom stereocenters. The topological polar surface area (TPSA) is 114 Å². The number of aromatic nitrogens is 3. The van der Waals surface area contributed by atoms with Crippen molar-refractivity contribution in [3.8, 4) is 0 Å². The maximum absolute atomic E-state index is 15.1. The third kappa shape index (κ3) is 6.29. The zero-order valence-corrected chi connectivity index (χ0v) is 20.6. The van der Waals surface area contributed by atoms with Gasteiger partial charge in [-0.1, -0.05) is 23.7 Å². The van der Waals surface area contributed by atoms with Gasteiger partial charge in [-0.15, -0.1) is 5.10 Å². The molecule has 0 bridgehead atoms. The number of nitrogens with zero attached hydrogens (tertiary/aromatic N) is 6. The van der Waals surface area contributed by atoms with Gasteiger partial charge in [0.05, 0.1) is 42.9 Å². The number of carbonyl (C=O) groups excluding carboxylic acids is 2. The Labute approximate surface area is 209 Å². The van der Waals surface area contributed by atoms with Crippen molar-refractivity contribution < 1.29 is 23.6 Å². The molecule has 2 aliphatic rings. The van der Waals surface area contributed by atoms with Gasteiger partial charge in [0.1, 0.15) is 24.2 Å². The Morgan fingerprint density at radius 1 is 1.36 bits per heavy atom. The number of benzene rings is 1. The van der Waals surface area contributed by atoms with Crippen LogP contribution >= 0.6 is 0 Å². The summed E-state index contributed by atoms with van der Waals surface area (Å²) in [4.78, 5) is 31.9. The fraction of sp³-hybridized carbons (Fsp3) is 0.542. The summed E-state index contributed by atoms with van der Waals surface area (Å²) in [6.45, 7) is 5.86. The van der Waals surface area contributed by atoms with Crippen LogP contribution in [0.5, 0.6) is 0 Å². The van der Waals surface area contributed by atoms with Crippen molar-refractivity contribution in [3.05, 3.63) is 35.9 Å². The van der Waals surface area contributed by atoms with E-state index in [4.69, 9.17) is 9.57 Å². The van der Waals surface area contributed by atoms with E-state index in [0.717, 1.165) is 25.7 Å². The number of hydrogen-bond acceptors (Lipinski definition) is 8. The summed E-state index contributed by atoms with van der Waals surface area (Å²) in [6, 6.07) is 4.94. The Kier molecular flexibility index (Phi) is 8.34. The second-order valence-electron chi connectivity index (χ2n) is 8.95. The van der Waals surface area contributed by atoms with Crippen LogP contribution in [0.25, 0.3) is 0 Å². The summed E-state index contributed by atoms with van der Waals surface area (Å²) < 4.78 is 22.2. The number of piperidine rings is 1. The van der Waals surface area contributed by atoms with Gasteiger partial charge >= 0.3 is 6.09 Å². The molecule has 0 saturated carbocycles. The van der Waals surface area contributed by atoms with Crippen LogP contribution in [0, 0.1) is 5.82 Å². The highest BCUT2D eigenvalue weighted by atomic mass is 19.1. The van der Waals surface area contributed by atoms with Gasteiger partial charge in [0.15, 0.2) is 0 Å². The lowest BCUT2D eigenvalue weighted by molar-refractivity contribution is -0.119. The van der Waals surface area contributed by atoms with Crippen LogP contribution in [0.1, 0.15) is 51.3 Å². The number of anilines is 2. The fourth-order valence-corrected chi connectivity index (χ4v) is 4.27. The van der Waals surface area contributed by atoms with Crippen molar-refractivity contribution >= 4 is 29.6 Å². The lowest BCUT2D eigenvalue weighted by Crippen LogP contribution is -2.35. The summed E-state index contributed by atoms with van der Waals surface area (Å²) >= 11 is 0. The molecule has 2 amide bonds. The van der Waals surface area contributed by atoms with Crippen LogP contribution in [0.15, 0.2) is 29.6 Å². The Morgan fingerprint density at radius 3 is 2.89 bits per heavy atom. The molecule has 3 heterocycles. The Hall–Kier alpha value is -3.70. The van der Waals surface area contributed by atoms with E-state index in [1.807, 2.05) is 15.8 Å². The van der Waals surface area contributed by atoms with Crippen LogP contribution in [0.4, 0.5) is 20.6 Å². The Balaban J connectivity index is 1.31. The summed E-state index contributed by atoms with van der Waals surface area (Å²) in [5, 5.41) is 14.9. The van der Waals surface area contributed by atoms with Crippen LogP contribution < -0.4 is 15.1 Å². The second kappa shape index (κ2) is 11.8. The van der Waals surface area contributed by atoms with E-state index in [1.165, 1.54) is 17.9 Å². The zero-order chi connectivity index (χ0) is 25.5. The number of halogens is 1. The minimum absolute atomic E-state index is 0.166. The highest BCUT2D eigenvalue weighted by molar-refractivity contribution is 5.90. The molecule has 2 saturated heterocycles. The van der Waals surface area contributed by atoms with Crippen LogP contribution in [-0.4, -0.2) is 72.1 Å². The smallest absolute Gasteiger partial charge is 0.414 e. The highest BCUT2D eigenvalue weighted by Crippen LogP contribution is 2.31. The molecule has 4 rings (SSSR count). The Morgan fingerprint density at radius 2 is 2.17 bits per heavy atom. The lowest BCUT2D eigenvalue weighted by Gasteiger charge is -2.33. The zero-order valence-electron chi connectivity index (χ0n) is 20.6. The molecule has 2 aromatic rings. The van der Waals surface area contributed by atoms with Gasteiger partial charge in [0.25, 0.3) is 0 Å². The number of nitrogens with one attached hydrogen (secondary N) is 1. The summed E-state index contributed by atoms with van der Waals surface area (Å²) in [6.07, 6.45) is 5.96. The number of rotatable bonds is 10. The predicted octanol–water partition coefficient (Wildman–Crippen LogP) is 2.87. The van der Waals surface area contributed by atoms with Gasteiger partial charge in [0.2, 0.25) is 5.91 Å². The molecule has 1 aromatic carbocycles. The van der Waals surface area contributed by atoms with Gasteiger partial charge in [0, 0.05) is 20.0 Å². The largest absolute Gasteiger partial charge is 0.442 e. The maximum Gasteiger partial charge on any atom is 0.414 e. The average Bonchev–Trinajstić information content (AvgIpc) is 3.49. The fourth-order valence-electron chi connectivity index (χ4n) is 4.27. The van der Waals surface area contributed by atoms with Gasteiger partial charge in [-0.25, -0.2) is 13.9 Å². The lowest BCUT2D eigenvalue weighted by atomic mass is 10.0. The van der Waals surface area contributed by atoms with E-state index in [-0.39, 0.29) is 25.0 Å². The molecular formula is C24H32FN7O4. The predicted molar refractivity (Wildman–Crippen MR) is 132 cm³/mol. The third-order valence-electron chi connectivity index (χ3n) is 6.25. The monoisotopic (exact) mass is 501 g/mol. The van der Waals surface area contributed by atoms with E-state index in [0.29, 0.717) is 36.8 Å². The van der Waals surface area contributed by atoms with Crippen LogP contribution in [0.3, 0.4) is 0 Å². The molecule has 11 nitrogen and oxygen atoms in total. The quantitative estimate of drug-likeness (QED) is 0.302. The first-order chi connectivity index (χ1) is 17.4. The third-order valence-corrected chi connectivity index (χ3v) is 6.25. The van der Waals surface area contributed by atoms with Crippen LogP contribution in [-0.2, 0) is 14.4 Å². The van der Waals surface area contributed by atoms with E-state index in [1.54, 1.807) is 18.3 Å². The maximum atomic E-state index is 15.1. The summed E-state index contributed by atoms with van der Waals surface area (Å²) in [7, 11) is 0. The number of amides is 2. The molecule has 36 heavy (non-hydrogen) atoms. The minimum Gasteiger partial charge on any atom is -0.442 e. The van der Waals surface area contributed by atoms with Gasteiger partial charge in [-0.3, -0.25) is 9.69 Å². The standard InChI is InChI=1S/C24H32FN7O4/c1-3-4-11-35-27-13-18-15-32(29-28-18)19-7-9-30(10-8-19)23-6-5-20(12-22(23)25)31-16-21(36-24(31)34)14-26-17(2)33/h5-6,12-13,15,19,21H,3-4,7-11,14,16H2,1-2H3,(H,26,33)/t21-/m0/s1. The van der Waals surface area contributed by atoms with E-state index < -0.39 is 18.0 Å². The van der Waals surface area contributed by atoms with Crippen molar-refractivity contribution in [3.63, 3.8) is 0 Å². The van der Waals surface area contributed by atoms with Crippen molar-refractivity contribution in [1.82, 2.24) is 20.3 Å². The van der Waals surface area contributed by atoms with E-state index in [9.17, 15) is 9.59 Å². The molecule has 0 radical (unpaired) electrons. The molecule has 194 valence electrons. The van der Waals surface area contributed by atoms with Crippen LogP contribution in [0.2, 0.25) is 0 Å². The first kappa shape index (κ1) is 25.4. The van der Waals surface area contributed by atoms with Gasteiger partial charge < -0.3 is 19.8 Å². The highest BCUT2D eigenvalue weighted by Gasteiger charge is 2.33. The second-order valence-corrected chi connectivity index (χ2v) is 8.95. The van der Waals surface area contributed by atoms with Crippen molar-refractivity contribution in [1.29, 1.82) is 0 Å². The van der Waals surface area contributed by atoms with E-state index in [2.05, 4.69) is 27.7 Å². The molecule has 12 heteroatoms. The first-order valence-electron chi connectivity index (χ1n) is 12.3. The molecule has 1 N–H and O–H groups in total. The van der Waals surface area contributed by atoms with Gasteiger partial charge in [-0.05, 0) is 37.5 Å². The number of cyclic esters (lactones) is 1. The summed E-state index contributed by atoms with van der Waals surface area (Å²) in [5.74, 6) is -0.597. The van der Waals surface area contributed by atoms with E-state index >= 15 is 4.39 Å². The molecule has 2 fully saturated rings. The number of oxime groups is 1. The molecule has 2 aliphatic heterocycles. The number of hydrogen-bond donors (Lipinski definition) is 1. The van der Waals surface area contributed by atoms with Gasteiger partial charge in [-0.2, -0.15) is 0 Å². The van der Waals surface area contributed by atoms with Crippen molar-refractivity contribution in [2.24, 2.45) is 5.16 Å². The molecular weight excluding hydrogens is 469 g/mol. The number of carbonyl (C=O) groups is 2. The Bertz CT molecular complexity index is 1080. The molecule has 1 atom stereocenters. The first-order valence-corrected chi connectivity index (χ1v) is 12.3. The van der Waals surface area contributed by atoms with Crippen molar-refractivity contribution in [2.75, 3.05) is 42.6 Å². The van der Waals surface area contributed by atoms with Crippen molar-refractivity contribution in [2.45, 2.75) is 51.7 Å².